The summed E-state index contributed by atoms with van der Waals surface area (Å²) in [6.07, 6.45) is -0.938. The molecule has 0 aliphatic heterocycles. The van der Waals surface area contributed by atoms with Crippen molar-refractivity contribution in [3.05, 3.63) is 69.2 Å². The van der Waals surface area contributed by atoms with E-state index < -0.39 is 11.0 Å². The molecule has 2 N–H and O–H groups in total. The first-order valence-electron chi connectivity index (χ1n) is 7.79. The van der Waals surface area contributed by atoms with E-state index in [-0.39, 0.29) is 33.6 Å². The fourth-order valence-electron chi connectivity index (χ4n) is 2.45. The standard InChI is InChI=1S/C18H13ClN4O4/c1-10(27-16-7-6-11(23(25)26)8-13(16)19)17(24)12(9-20)18-21-14-4-2-3-5-15(14)22-18/h2-8,10,24H,1H3,(H,21,22)/b17-12-. The molecule has 3 rings (SSSR count). The van der Waals surface area contributed by atoms with Gasteiger partial charge in [-0.25, -0.2) is 4.98 Å². The van der Waals surface area contributed by atoms with Crippen molar-refractivity contribution in [2.24, 2.45) is 0 Å². The molecule has 0 bridgehead atoms. The van der Waals surface area contributed by atoms with E-state index in [1.54, 1.807) is 12.1 Å². The molecule has 0 spiro atoms. The molecular formula is C18H13ClN4O4. The molecule has 9 heteroatoms. The van der Waals surface area contributed by atoms with Crippen LogP contribution in [0.2, 0.25) is 5.02 Å². The molecule has 2 aromatic carbocycles. The number of nitro benzene ring substituents is 1. The number of allylic oxidation sites excluding steroid dienone is 1. The molecule has 27 heavy (non-hydrogen) atoms. The Morgan fingerprint density at radius 1 is 1.41 bits per heavy atom. The van der Waals surface area contributed by atoms with Gasteiger partial charge in [0.15, 0.2) is 17.7 Å². The number of nitriles is 1. The maximum absolute atomic E-state index is 10.8. The van der Waals surface area contributed by atoms with Crippen LogP contribution < -0.4 is 4.74 Å². The lowest BCUT2D eigenvalue weighted by molar-refractivity contribution is -0.384. The summed E-state index contributed by atoms with van der Waals surface area (Å²) in [5.41, 5.74) is 1.12. The normalized spacial score (nSPS) is 12.9. The molecule has 0 aliphatic rings. The molecule has 0 radical (unpaired) electrons. The average molecular weight is 385 g/mol. The second-order valence-electron chi connectivity index (χ2n) is 5.61. The highest BCUT2D eigenvalue weighted by molar-refractivity contribution is 6.32. The van der Waals surface area contributed by atoms with Crippen molar-refractivity contribution in [3.63, 3.8) is 0 Å². The first-order valence-corrected chi connectivity index (χ1v) is 8.17. The predicted octanol–water partition coefficient (Wildman–Crippen LogP) is 4.38. The number of nitrogens with one attached hydrogen (secondary N) is 1. The highest BCUT2D eigenvalue weighted by Crippen LogP contribution is 2.31. The van der Waals surface area contributed by atoms with Crippen molar-refractivity contribution in [2.75, 3.05) is 0 Å². The van der Waals surface area contributed by atoms with E-state index in [2.05, 4.69) is 9.97 Å². The number of fused-ring (bicyclic) bond motifs is 1. The van der Waals surface area contributed by atoms with Crippen molar-refractivity contribution in [1.82, 2.24) is 9.97 Å². The Bertz CT molecular complexity index is 1070. The van der Waals surface area contributed by atoms with Crippen molar-refractivity contribution < 1.29 is 14.8 Å². The van der Waals surface area contributed by atoms with E-state index in [1.165, 1.54) is 19.1 Å². The molecule has 3 aromatic rings. The van der Waals surface area contributed by atoms with Crippen LogP contribution in [0.15, 0.2) is 48.2 Å². The molecule has 0 fully saturated rings. The highest BCUT2D eigenvalue weighted by atomic mass is 35.5. The topological polar surface area (TPSA) is 125 Å². The lowest BCUT2D eigenvalue weighted by Crippen LogP contribution is -2.17. The van der Waals surface area contributed by atoms with Crippen LogP contribution in [0.3, 0.4) is 0 Å². The third-order valence-corrected chi connectivity index (χ3v) is 4.10. The number of nitrogens with zero attached hydrogens (tertiary/aromatic N) is 3. The molecule has 0 aliphatic carbocycles. The lowest BCUT2D eigenvalue weighted by Gasteiger charge is -2.15. The van der Waals surface area contributed by atoms with Crippen LogP contribution in [0.1, 0.15) is 12.7 Å². The number of rotatable bonds is 5. The molecule has 136 valence electrons. The number of para-hydroxylation sites is 2. The quantitative estimate of drug-likeness (QED) is 0.291. The monoisotopic (exact) mass is 384 g/mol. The number of non-ortho nitro benzene ring substituents is 1. The molecule has 1 aromatic heterocycles. The second-order valence-corrected chi connectivity index (χ2v) is 6.01. The summed E-state index contributed by atoms with van der Waals surface area (Å²) in [4.78, 5) is 17.4. The number of halogens is 1. The number of aliphatic hydroxyl groups is 1. The zero-order valence-electron chi connectivity index (χ0n) is 14.0. The first-order chi connectivity index (χ1) is 12.9. The largest absolute Gasteiger partial charge is 0.507 e. The Hall–Kier alpha value is -3.57. The number of hydrogen-bond acceptors (Lipinski definition) is 6. The van der Waals surface area contributed by atoms with Gasteiger partial charge in [-0.1, -0.05) is 23.7 Å². The van der Waals surface area contributed by atoms with E-state index in [1.807, 2.05) is 18.2 Å². The van der Waals surface area contributed by atoms with Gasteiger partial charge in [0.25, 0.3) is 5.69 Å². The van der Waals surface area contributed by atoms with E-state index in [9.17, 15) is 20.5 Å². The number of H-pyrrole nitrogens is 1. The zero-order chi connectivity index (χ0) is 19.6. The average Bonchev–Trinajstić information content (AvgIpc) is 3.07. The third-order valence-electron chi connectivity index (χ3n) is 3.81. The van der Waals surface area contributed by atoms with Crippen molar-refractivity contribution in [3.8, 4) is 11.8 Å². The number of aliphatic hydroxyl groups excluding tert-OH is 1. The zero-order valence-corrected chi connectivity index (χ0v) is 14.8. The summed E-state index contributed by atoms with van der Waals surface area (Å²) >= 11 is 6.00. The number of hydrogen-bond donors (Lipinski definition) is 2. The molecule has 0 saturated heterocycles. The smallest absolute Gasteiger partial charge is 0.271 e. The van der Waals surface area contributed by atoms with Crippen LogP contribution in [-0.2, 0) is 0 Å². The van der Waals surface area contributed by atoms with Gasteiger partial charge in [-0.15, -0.1) is 0 Å². The van der Waals surface area contributed by atoms with Gasteiger partial charge in [-0.2, -0.15) is 5.26 Å². The van der Waals surface area contributed by atoms with E-state index in [4.69, 9.17) is 16.3 Å². The summed E-state index contributed by atoms with van der Waals surface area (Å²) in [6, 6.07) is 12.8. The third kappa shape index (κ3) is 3.68. The predicted molar refractivity (Wildman–Crippen MR) is 99.5 cm³/mol. The second kappa shape index (κ2) is 7.35. The summed E-state index contributed by atoms with van der Waals surface area (Å²) in [5.74, 6) is 0.00985. The van der Waals surface area contributed by atoms with Crippen LogP contribution in [0.4, 0.5) is 5.69 Å². The first kappa shape index (κ1) is 18.2. The minimum atomic E-state index is -0.938. The lowest BCUT2D eigenvalue weighted by atomic mass is 10.1. The minimum absolute atomic E-state index is 0.0195. The fourth-order valence-corrected chi connectivity index (χ4v) is 2.67. The van der Waals surface area contributed by atoms with Gasteiger partial charge in [0.2, 0.25) is 0 Å². The number of nitro groups is 1. The van der Waals surface area contributed by atoms with Crippen molar-refractivity contribution >= 4 is 33.9 Å². The van der Waals surface area contributed by atoms with Crippen molar-refractivity contribution in [1.29, 1.82) is 5.26 Å². The molecule has 0 saturated carbocycles. The Morgan fingerprint density at radius 2 is 2.15 bits per heavy atom. The Kier molecular flexibility index (Phi) is 4.96. The summed E-state index contributed by atoms with van der Waals surface area (Å²) in [7, 11) is 0. The Labute approximate surface area is 158 Å². The Morgan fingerprint density at radius 3 is 2.78 bits per heavy atom. The van der Waals surface area contributed by atoms with Gasteiger partial charge in [0.1, 0.15) is 17.4 Å². The maximum Gasteiger partial charge on any atom is 0.271 e. The van der Waals surface area contributed by atoms with E-state index in [0.29, 0.717) is 5.52 Å². The van der Waals surface area contributed by atoms with Crippen LogP contribution in [0.25, 0.3) is 16.6 Å². The number of aromatic amines is 1. The van der Waals surface area contributed by atoms with Gasteiger partial charge < -0.3 is 14.8 Å². The highest BCUT2D eigenvalue weighted by Gasteiger charge is 2.21. The van der Waals surface area contributed by atoms with Gasteiger partial charge in [-0.3, -0.25) is 10.1 Å². The Balaban J connectivity index is 1.91. The molecule has 8 nitrogen and oxygen atoms in total. The number of ether oxygens (including phenoxy) is 1. The van der Waals surface area contributed by atoms with Crippen LogP contribution in [0, 0.1) is 21.4 Å². The summed E-state index contributed by atoms with van der Waals surface area (Å²) < 4.78 is 5.56. The minimum Gasteiger partial charge on any atom is -0.507 e. The summed E-state index contributed by atoms with van der Waals surface area (Å²) in [6.45, 7) is 1.52. The van der Waals surface area contributed by atoms with E-state index in [0.717, 1.165) is 11.6 Å². The number of benzene rings is 2. The fraction of sp³-hybridized carbons (Fsp3) is 0.111. The molecule has 1 heterocycles. The van der Waals surface area contributed by atoms with Gasteiger partial charge in [0, 0.05) is 12.1 Å². The van der Waals surface area contributed by atoms with Gasteiger partial charge >= 0.3 is 0 Å². The van der Waals surface area contributed by atoms with Gasteiger partial charge in [-0.05, 0) is 25.1 Å². The molecular weight excluding hydrogens is 372 g/mol. The van der Waals surface area contributed by atoms with Gasteiger partial charge in [0.05, 0.1) is 21.0 Å². The molecule has 1 atom stereocenters. The molecule has 0 amide bonds. The molecule has 1 unspecified atom stereocenters. The number of imidazole rings is 1. The van der Waals surface area contributed by atoms with Crippen molar-refractivity contribution in [2.45, 2.75) is 13.0 Å². The van der Waals surface area contributed by atoms with Crippen LogP contribution >= 0.6 is 11.6 Å². The number of aromatic nitrogens is 2. The summed E-state index contributed by atoms with van der Waals surface area (Å²) in [5, 5.41) is 30.7. The van der Waals surface area contributed by atoms with E-state index >= 15 is 0 Å². The SMILES string of the molecule is CC(Oc1ccc([N+](=O)[O-])cc1Cl)/C(O)=C(\C#N)c1nc2ccccc2[nH]1. The van der Waals surface area contributed by atoms with Crippen LogP contribution in [-0.4, -0.2) is 26.1 Å². The van der Waals surface area contributed by atoms with Crippen LogP contribution in [0.5, 0.6) is 5.75 Å². The maximum atomic E-state index is 10.8.